The summed E-state index contributed by atoms with van der Waals surface area (Å²) in [5, 5.41) is 0. The predicted octanol–water partition coefficient (Wildman–Crippen LogP) is 3.43. The Labute approximate surface area is 129 Å². The summed E-state index contributed by atoms with van der Waals surface area (Å²) in [6.07, 6.45) is 5.00. The van der Waals surface area contributed by atoms with Gasteiger partial charge >= 0.3 is 0 Å². The van der Waals surface area contributed by atoms with Crippen LogP contribution in [0.5, 0.6) is 0 Å². The smallest absolute Gasteiger partial charge is 0.0434 e. The van der Waals surface area contributed by atoms with Crippen molar-refractivity contribution in [2.45, 2.75) is 65.5 Å². The third-order valence-electron chi connectivity index (χ3n) is 5.35. The zero-order valence-electron chi connectivity index (χ0n) is 14.2. The molecular formula is C18H31N3. The molecular weight excluding hydrogens is 258 g/mol. The molecule has 21 heavy (non-hydrogen) atoms. The van der Waals surface area contributed by atoms with Gasteiger partial charge in [-0.05, 0) is 69.7 Å². The van der Waals surface area contributed by atoms with Crippen molar-refractivity contribution >= 4 is 0 Å². The fourth-order valence-electron chi connectivity index (χ4n) is 4.50. The Morgan fingerprint density at radius 2 is 2.00 bits per heavy atom. The van der Waals surface area contributed by atoms with E-state index in [2.05, 4.69) is 43.2 Å². The highest BCUT2D eigenvalue weighted by Crippen LogP contribution is 2.41. The van der Waals surface area contributed by atoms with Gasteiger partial charge in [0.15, 0.2) is 0 Å². The summed E-state index contributed by atoms with van der Waals surface area (Å²) in [6.45, 7) is 13.1. The van der Waals surface area contributed by atoms with Crippen molar-refractivity contribution in [3.63, 3.8) is 0 Å². The van der Waals surface area contributed by atoms with E-state index in [1.54, 1.807) is 0 Å². The van der Waals surface area contributed by atoms with Gasteiger partial charge in [0.25, 0.3) is 0 Å². The van der Waals surface area contributed by atoms with Crippen LogP contribution in [0.4, 0.5) is 0 Å². The fourth-order valence-corrected chi connectivity index (χ4v) is 4.50. The van der Waals surface area contributed by atoms with E-state index in [9.17, 15) is 0 Å². The lowest BCUT2D eigenvalue weighted by molar-refractivity contribution is 0.255. The van der Waals surface area contributed by atoms with Gasteiger partial charge < -0.3 is 15.2 Å². The van der Waals surface area contributed by atoms with Gasteiger partial charge in [0, 0.05) is 30.0 Å². The van der Waals surface area contributed by atoms with Crippen LogP contribution < -0.4 is 5.73 Å². The number of nitrogens with zero attached hydrogens (tertiary/aromatic N) is 2. The fraction of sp³-hybridized carbons (Fsp3) is 0.778. The molecule has 1 aromatic rings. The Hall–Kier alpha value is -0.800. The van der Waals surface area contributed by atoms with Crippen molar-refractivity contribution < 1.29 is 0 Å². The van der Waals surface area contributed by atoms with Gasteiger partial charge in [-0.15, -0.1) is 0 Å². The first kappa shape index (κ1) is 15.1. The van der Waals surface area contributed by atoms with Crippen LogP contribution in [0.1, 0.15) is 69.1 Å². The van der Waals surface area contributed by atoms with E-state index in [1.807, 2.05) is 0 Å². The average Bonchev–Trinajstić information content (AvgIpc) is 2.95. The minimum Gasteiger partial charge on any atom is -0.345 e. The number of hydrogen-bond donors (Lipinski definition) is 1. The molecule has 0 radical (unpaired) electrons. The lowest BCUT2D eigenvalue weighted by Crippen LogP contribution is -2.33. The molecule has 2 heterocycles. The maximum Gasteiger partial charge on any atom is 0.0434 e. The van der Waals surface area contributed by atoms with Crippen LogP contribution in [0.25, 0.3) is 0 Å². The van der Waals surface area contributed by atoms with Crippen molar-refractivity contribution in [2.24, 2.45) is 11.1 Å². The normalized spacial score (nSPS) is 26.8. The molecule has 0 aromatic carbocycles. The van der Waals surface area contributed by atoms with Gasteiger partial charge in [-0.2, -0.15) is 0 Å². The van der Waals surface area contributed by atoms with Crippen LogP contribution in [-0.2, 0) is 6.42 Å². The van der Waals surface area contributed by atoms with E-state index in [1.165, 1.54) is 49.4 Å². The summed E-state index contributed by atoms with van der Waals surface area (Å²) in [4.78, 5) is 2.62. The third kappa shape index (κ3) is 2.91. The first-order valence-corrected chi connectivity index (χ1v) is 8.56. The molecule has 3 rings (SSSR count). The summed E-state index contributed by atoms with van der Waals surface area (Å²) in [5.41, 5.74) is 11.1. The molecule has 1 aromatic heterocycles. The number of hydrogen-bond acceptors (Lipinski definition) is 2. The van der Waals surface area contributed by atoms with Gasteiger partial charge in [-0.1, -0.05) is 13.8 Å². The van der Waals surface area contributed by atoms with Crippen molar-refractivity contribution in [3.05, 3.63) is 23.0 Å². The van der Waals surface area contributed by atoms with Gasteiger partial charge in [0.1, 0.15) is 0 Å². The molecule has 1 aliphatic heterocycles. The monoisotopic (exact) mass is 289 g/mol. The molecule has 1 aliphatic carbocycles. The summed E-state index contributed by atoms with van der Waals surface area (Å²) >= 11 is 0. The second-order valence-electron chi connectivity index (χ2n) is 8.07. The van der Waals surface area contributed by atoms with E-state index >= 15 is 0 Å². The van der Waals surface area contributed by atoms with Crippen molar-refractivity contribution in [1.29, 1.82) is 0 Å². The van der Waals surface area contributed by atoms with E-state index < -0.39 is 0 Å². The number of fused-ring (bicyclic) bond motifs is 1. The van der Waals surface area contributed by atoms with Gasteiger partial charge in [0.05, 0.1) is 0 Å². The largest absolute Gasteiger partial charge is 0.345 e. The minimum atomic E-state index is 0.211. The molecule has 2 unspecified atom stereocenters. The molecule has 0 amide bonds. The zero-order chi connectivity index (χ0) is 15.2. The molecule has 0 bridgehead atoms. The Morgan fingerprint density at radius 3 is 2.67 bits per heavy atom. The Bertz CT molecular complexity index is 509. The Balaban J connectivity index is 1.88. The number of nitrogens with two attached hydrogens (primary N) is 1. The summed E-state index contributed by atoms with van der Waals surface area (Å²) in [6, 6.07) is 3.10. The first-order chi connectivity index (χ1) is 9.87. The van der Waals surface area contributed by atoms with Crippen LogP contribution in [0.15, 0.2) is 6.07 Å². The highest BCUT2D eigenvalue weighted by Gasteiger charge is 2.34. The second-order valence-corrected chi connectivity index (χ2v) is 8.07. The molecule has 3 nitrogen and oxygen atoms in total. The van der Waals surface area contributed by atoms with Crippen molar-refractivity contribution in [1.82, 2.24) is 9.47 Å². The second kappa shape index (κ2) is 5.44. The minimum absolute atomic E-state index is 0.211. The summed E-state index contributed by atoms with van der Waals surface area (Å²) in [5.74, 6) is 0. The van der Waals surface area contributed by atoms with E-state index in [-0.39, 0.29) is 6.04 Å². The lowest BCUT2D eigenvalue weighted by Gasteiger charge is -2.36. The topological polar surface area (TPSA) is 34.2 Å². The number of likely N-dealkylation sites (tertiary alicyclic amines) is 1. The number of rotatable bonds is 3. The molecule has 2 N–H and O–H groups in total. The third-order valence-corrected chi connectivity index (χ3v) is 5.35. The van der Waals surface area contributed by atoms with Crippen molar-refractivity contribution in [3.8, 4) is 0 Å². The predicted molar refractivity (Wildman–Crippen MR) is 88.6 cm³/mol. The molecule has 118 valence electrons. The van der Waals surface area contributed by atoms with Crippen LogP contribution in [0.2, 0.25) is 0 Å². The van der Waals surface area contributed by atoms with Gasteiger partial charge in [-0.25, -0.2) is 0 Å². The van der Waals surface area contributed by atoms with E-state index in [0.717, 1.165) is 12.8 Å². The van der Waals surface area contributed by atoms with Crippen LogP contribution in [0, 0.1) is 12.3 Å². The molecule has 0 spiro atoms. The molecule has 3 heteroatoms. The maximum absolute atomic E-state index is 6.44. The van der Waals surface area contributed by atoms with E-state index in [0.29, 0.717) is 11.5 Å². The summed E-state index contributed by atoms with van der Waals surface area (Å²) in [7, 11) is 0. The molecule has 2 aliphatic rings. The van der Waals surface area contributed by atoms with Gasteiger partial charge in [0.2, 0.25) is 0 Å². The van der Waals surface area contributed by atoms with Crippen LogP contribution in [0.3, 0.4) is 0 Å². The average molecular weight is 289 g/mol. The molecule has 1 fully saturated rings. The summed E-state index contributed by atoms with van der Waals surface area (Å²) < 4.78 is 2.58. The highest BCUT2D eigenvalue weighted by molar-refractivity contribution is 5.34. The SMILES string of the molecule is Cc1cc2c(n1C(C)CN1CCCC1)CC(C)(C)CC2N. The molecule has 1 saturated heterocycles. The maximum atomic E-state index is 6.44. The van der Waals surface area contributed by atoms with Gasteiger partial charge in [-0.3, -0.25) is 0 Å². The highest BCUT2D eigenvalue weighted by atomic mass is 15.2. The number of aromatic nitrogens is 1. The molecule has 0 saturated carbocycles. The number of aryl methyl sites for hydroxylation is 1. The lowest BCUT2D eigenvalue weighted by atomic mass is 9.74. The Kier molecular flexibility index (Phi) is 3.91. The van der Waals surface area contributed by atoms with Crippen LogP contribution >= 0.6 is 0 Å². The Morgan fingerprint density at radius 1 is 1.33 bits per heavy atom. The van der Waals surface area contributed by atoms with E-state index in [4.69, 9.17) is 5.73 Å². The van der Waals surface area contributed by atoms with Crippen LogP contribution in [-0.4, -0.2) is 29.1 Å². The molecule has 2 atom stereocenters. The van der Waals surface area contributed by atoms with Crippen molar-refractivity contribution in [2.75, 3.05) is 19.6 Å². The zero-order valence-corrected chi connectivity index (χ0v) is 14.2. The quantitative estimate of drug-likeness (QED) is 0.925. The first-order valence-electron chi connectivity index (χ1n) is 8.56. The standard InChI is InChI=1S/C18H31N3/c1-13-9-15-16(19)10-18(3,4)11-17(15)21(13)14(2)12-20-7-5-6-8-20/h9,14,16H,5-8,10-12,19H2,1-4H3.